The fraction of sp³-hybridized carbons (Fsp3) is 0.348. The maximum Gasteiger partial charge on any atom is 0.246 e. The summed E-state index contributed by atoms with van der Waals surface area (Å²) in [6.45, 7) is 4.08. The number of halogens is 1. The number of hydrogen-bond acceptors (Lipinski definition) is 5. The van der Waals surface area contributed by atoms with Gasteiger partial charge in [-0.25, -0.2) is 0 Å². The largest absolute Gasteiger partial charge is 0.502 e. The maximum atomic E-state index is 12.6. The van der Waals surface area contributed by atoms with Crippen LogP contribution in [0.3, 0.4) is 0 Å². The van der Waals surface area contributed by atoms with Crippen LogP contribution in [0.1, 0.15) is 11.1 Å². The summed E-state index contributed by atoms with van der Waals surface area (Å²) >= 11 is 5.93. The Labute approximate surface area is 182 Å². The van der Waals surface area contributed by atoms with E-state index in [1.165, 1.54) is 19.8 Å². The Morgan fingerprint density at radius 2 is 1.67 bits per heavy atom. The quantitative estimate of drug-likeness (QED) is 0.681. The van der Waals surface area contributed by atoms with Crippen LogP contribution in [-0.2, 0) is 11.2 Å². The van der Waals surface area contributed by atoms with Crippen LogP contribution < -0.4 is 9.47 Å². The number of methoxy groups -OCH3 is 2. The summed E-state index contributed by atoms with van der Waals surface area (Å²) in [7, 11) is 2.94. The molecule has 1 aliphatic heterocycles. The Balaban J connectivity index is 1.51. The number of amides is 1. The normalized spacial score (nSPS) is 14.8. The predicted molar refractivity (Wildman–Crippen MR) is 118 cm³/mol. The molecule has 1 aliphatic rings. The van der Waals surface area contributed by atoms with Gasteiger partial charge in [0.05, 0.1) is 14.2 Å². The van der Waals surface area contributed by atoms with Gasteiger partial charge >= 0.3 is 0 Å². The fourth-order valence-corrected chi connectivity index (χ4v) is 3.54. The van der Waals surface area contributed by atoms with E-state index in [-0.39, 0.29) is 11.7 Å². The molecule has 0 aliphatic carbocycles. The lowest BCUT2D eigenvalue weighted by atomic mass is 10.1. The van der Waals surface area contributed by atoms with Crippen molar-refractivity contribution in [2.75, 3.05) is 46.9 Å². The van der Waals surface area contributed by atoms with Crippen molar-refractivity contribution >= 4 is 23.6 Å². The molecule has 0 radical (unpaired) electrons. The van der Waals surface area contributed by atoms with E-state index in [0.29, 0.717) is 24.6 Å². The van der Waals surface area contributed by atoms with Crippen LogP contribution in [0.25, 0.3) is 6.08 Å². The van der Waals surface area contributed by atoms with Crippen molar-refractivity contribution in [2.45, 2.75) is 6.42 Å². The number of piperazine rings is 1. The van der Waals surface area contributed by atoms with Gasteiger partial charge in [0.25, 0.3) is 0 Å². The highest BCUT2D eigenvalue weighted by Gasteiger charge is 2.19. The van der Waals surface area contributed by atoms with Crippen LogP contribution in [0, 0.1) is 0 Å². The smallest absolute Gasteiger partial charge is 0.246 e. The number of carbonyl (C=O) groups is 1. The number of nitrogens with zero attached hydrogens (tertiary/aromatic N) is 2. The molecular weight excluding hydrogens is 404 g/mol. The number of ether oxygens (including phenoxy) is 2. The first kappa shape index (κ1) is 22.0. The Bertz CT molecular complexity index is 866. The van der Waals surface area contributed by atoms with Gasteiger partial charge in [-0.15, -0.1) is 0 Å². The third kappa shape index (κ3) is 5.68. The van der Waals surface area contributed by atoms with Gasteiger partial charge in [0, 0.05) is 43.8 Å². The van der Waals surface area contributed by atoms with Crippen molar-refractivity contribution in [3.05, 3.63) is 58.6 Å². The standard InChI is InChI=1S/C23H27ClN2O4/c1-29-20-15-18(16-21(30-2)23(20)28)5-8-22(27)26-13-11-25(12-14-26)10-9-17-3-6-19(24)7-4-17/h3-8,15-16,28H,9-14H2,1-2H3. The zero-order valence-corrected chi connectivity index (χ0v) is 18.1. The van der Waals surface area contributed by atoms with Gasteiger partial charge in [0.15, 0.2) is 11.5 Å². The number of hydrogen-bond donors (Lipinski definition) is 1. The zero-order chi connectivity index (χ0) is 21.5. The molecule has 2 aromatic carbocycles. The van der Waals surface area contributed by atoms with Gasteiger partial charge in [0.1, 0.15) is 0 Å². The van der Waals surface area contributed by atoms with E-state index in [4.69, 9.17) is 21.1 Å². The molecule has 7 heteroatoms. The van der Waals surface area contributed by atoms with Crippen molar-refractivity contribution in [3.63, 3.8) is 0 Å². The van der Waals surface area contributed by atoms with Crippen LogP contribution in [0.2, 0.25) is 5.02 Å². The second-order valence-corrected chi connectivity index (χ2v) is 7.59. The minimum Gasteiger partial charge on any atom is -0.502 e. The van der Waals surface area contributed by atoms with Gasteiger partial charge < -0.3 is 19.5 Å². The summed E-state index contributed by atoms with van der Waals surface area (Å²) in [4.78, 5) is 16.8. The van der Waals surface area contributed by atoms with Crippen LogP contribution >= 0.6 is 11.6 Å². The lowest BCUT2D eigenvalue weighted by Crippen LogP contribution is -2.48. The summed E-state index contributed by atoms with van der Waals surface area (Å²) in [5.41, 5.74) is 1.98. The maximum absolute atomic E-state index is 12.6. The van der Waals surface area contributed by atoms with Gasteiger partial charge in [0.2, 0.25) is 11.7 Å². The molecule has 1 saturated heterocycles. The first-order valence-corrected chi connectivity index (χ1v) is 10.3. The highest BCUT2D eigenvalue weighted by molar-refractivity contribution is 6.30. The first-order chi connectivity index (χ1) is 14.5. The monoisotopic (exact) mass is 430 g/mol. The number of phenolic OH excluding ortho intramolecular Hbond substituents is 1. The number of phenols is 1. The molecular formula is C23H27ClN2O4. The summed E-state index contributed by atoms with van der Waals surface area (Å²) < 4.78 is 10.3. The highest BCUT2D eigenvalue weighted by Crippen LogP contribution is 2.37. The molecule has 0 saturated carbocycles. The lowest BCUT2D eigenvalue weighted by molar-refractivity contribution is -0.127. The molecule has 160 valence electrons. The SMILES string of the molecule is COc1cc(C=CC(=O)N2CCN(CCc3ccc(Cl)cc3)CC2)cc(OC)c1O. The average molecular weight is 431 g/mol. The summed E-state index contributed by atoms with van der Waals surface area (Å²) in [6.07, 6.45) is 4.23. The molecule has 0 atom stereocenters. The average Bonchev–Trinajstić information content (AvgIpc) is 2.78. The van der Waals surface area contributed by atoms with Gasteiger partial charge in [-0.2, -0.15) is 0 Å². The number of carbonyl (C=O) groups excluding carboxylic acids is 1. The van der Waals surface area contributed by atoms with E-state index in [0.717, 1.165) is 36.6 Å². The molecule has 0 unspecified atom stereocenters. The number of rotatable bonds is 7. The summed E-state index contributed by atoms with van der Waals surface area (Å²) in [6, 6.07) is 11.3. The van der Waals surface area contributed by atoms with Crippen LogP contribution in [0.4, 0.5) is 0 Å². The van der Waals surface area contributed by atoms with Crippen molar-refractivity contribution < 1.29 is 19.4 Å². The molecule has 1 N–H and O–H groups in total. The molecule has 1 amide bonds. The molecule has 1 fully saturated rings. The van der Waals surface area contributed by atoms with E-state index in [1.807, 2.05) is 17.0 Å². The Morgan fingerprint density at radius 3 is 2.23 bits per heavy atom. The second kappa shape index (κ2) is 10.4. The molecule has 30 heavy (non-hydrogen) atoms. The molecule has 0 aromatic heterocycles. The minimum absolute atomic E-state index is 0.0293. The molecule has 1 heterocycles. The van der Waals surface area contributed by atoms with Gasteiger partial charge in [-0.05, 0) is 47.9 Å². The summed E-state index contributed by atoms with van der Waals surface area (Å²) in [5.74, 6) is 0.517. The zero-order valence-electron chi connectivity index (χ0n) is 17.3. The highest BCUT2D eigenvalue weighted by atomic mass is 35.5. The van der Waals surface area contributed by atoms with Crippen molar-refractivity contribution in [1.29, 1.82) is 0 Å². The Morgan fingerprint density at radius 1 is 1.07 bits per heavy atom. The molecule has 6 nitrogen and oxygen atoms in total. The van der Waals surface area contributed by atoms with Gasteiger partial charge in [-0.3, -0.25) is 9.69 Å². The molecule has 0 bridgehead atoms. The Kier molecular flexibility index (Phi) is 7.60. The predicted octanol–water partition coefficient (Wildman–Crippen LogP) is 3.46. The van der Waals surface area contributed by atoms with Crippen molar-refractivity contribution in [2.24, 2.45) is 0 Å². The van der Waals surface area contributed by atoms with Crippen molar-refractivity contribution in [1.82, 2.24) is 9.80 Å². The van der Waals surface area contributed by atoms with Crippen molar-refractivity contribution in [3.8, 4) is 17.2 Å². The molecule has 0 spiro atoms. The van der Waals surface area contributed by atoms with E-state index in [2.05, 4.69) is 17.0 Å². The van der Waals surface area contributed by atoms with E-state index in [1.54, 1.807) is 24.3 Å². The van der Waals surface area contributed by atoms with E-state index >= 15 is 0 Å². The topological polar surface area (TPSA) is 62.2 Å². The van der Waals surface area contributed by atoms with E-state index < -0.39 is 0 Å². The fourth-order valence-electron chi connectivity index (χ4n) is 3.41. The van der Waals surface area contributed by atoms with E-state index in [9.17, 15) is 9.90 Å². The molecule has 3 rings (SSSR count). The Hall–Kier alpha value is -2.70. The van der Waals surface area contributed by atoms with Crippen LogP contribution in [-0.4, -0.2) is 67.8 Å². The lowest BCUT2D eigenvalue weighted by Gasteiger charge is -2.34. The minimum atomic E-state index is -0.0572. The third-order valence-electron chi connectivity index (χ3n) is 5.23. The third-order valence-corrected chi connectivity index (χ3v) is 5.49. The second-order valence-electron chi connectivity index (χ2n) is 7.15. The number of benzene rings is 2. The van der Waals surface area contributed by atoms with Crippen LogP contribution in [0.15, 0.2) is 42.5 Å². The molecule has 2 aromatic rings. The van der Waals surface area contributed by atoms with Gasteiger partial charge in [-0.1, -0.05) is 23.7 Å². The first-order valence-electron chi connectivity index (χ1n) is 9.89. The van der Waals surface area contributed by atoms with Crippen LogP contribution in [0.5, 0.6) is 17.2 Å². The summed E-state index contributed by atoms with van der Waals surface area (Å²) in [5, 5.41) is 10.7. The number of aromatic hydroxyl groups is 1.